The quantitative estimate of drug-likeness (QED) is 0.191. The van der Waals surface area contributed by atoms with E-state index in [0.29, 0.717) is 18.4 Å². The number of amides is 3. The highest BCUT2D eigenvalue weighted by molar-refractivity contribution is 7.19. The molecule has 3 heterocycles. The Labute approximate surface area is 243 Å². The predicted molar refractivity (Wildman–Crippen MR) is 153 cm³/mol. The van der Waals surface area contributed by atoms with E-state index < -0.39 is 23.6 Å². The van der Waals surface area contributed by atoms with Gasteiger partial charge in [-0.2, -0.15) is 4.98 Å². The van der Waals surface area contributed by atoms with Gasteiger partial charge in [-0.3, -0.25) is 10.1 Å². The minimum absolute atomic E-state index is 0.0188. The molecule has 42 heavy (non-hydrogen) atoms. The van der Waals surface area contributed by atoms with E-state index in [9.17, 15) is 18.4 Å². The number of anilines is 3. The molecule has 3 amide bonds. The van der Waals surface area contributed by atoms with Gasteiger partial charge in [0.15, 0.2) is 5.13 Å². The maximum atomic E-state index is 14.7. The molecule has 0 spiro atoms. The zero-order chi connectivity index (χ0) is 29.6. The van der Waals surface area contributed by atoms with Gasteiger partial charge in [-0.15, -0.1) is 0 Å². The summed E-state index contributed by atoms with van der Waals surface area (Å²) in [6.45, 7) is 3.63. The first-order chi connectivity index (χ1) is 20.3. The topological polar surface area (TPSA) is 161 Å². The SMILES string of the molecule is COc1cccc(C(=O)Nc2cc(-c3noc(-c4sc(NC(=O)NCCCN5CCCC5)nc4N)n3)c(F)cc2F)c1. The molecule has 1 saturated heterocycles. The van der Waals surface area contributed by atoms with Gasteiger partial charge in [0.05, 0.1) is 18.4 Å². The molecule has 0 saturated carbocycles. The second-order valence-electron chi connectivity index (χ2n) is 9.44. The minimum atomic E-state index is -0.993. The monoisotopic (exact) mass is 598 g/mol. The molecular formula is C27H28F2N8O4S. The number of carbonyl (C=O) groups excluding carboxylic acids is 2. The van der Waals surface area contributed by atoms with E-state index in [1.165, 1.54) is 32.1 Å². The fourth-order valence-corrected chi connectivity index (χ4v) is 5.19. The number of nitrogens with zero attached hydrogens (tertiary/aromatic N) is 4. The van der Waals surface area contributed by atoms with Crippen LogP contribution in [-0.2, 0) is 0 Å². The van der Waals surface area contributed by atoms with E-state index in [2.05, 4.69) is 36.0 Å². The molecule has 0 atom stereocenters. The molecule has 5 N–H and O–H groups in total. The van der Waals surface area contributed by atoms with Gasteiger partial charge in [-0.1, -0.05) is 22.6 Å². The summed E-state index contributed by atoms with van der Waals surface area (Å²) >= 11 is 0.994. The smallest absolute Gasteiger partial charge is 0.321 e. The Morgan fingerprint density at radius 1 is 1.12 bits per heavy atom. The standard InChI is InChI=1S/C27H28F2N8O4S/c1-40-16-7-4-6-15(12-16)24(38)32-20-13-17(18(28)14-19(20)29)23-34-25(41-36-23)21-22(30)33-27(42-21)35-26(39)31-8-5-11-37-9-2-3-10-37/h4,6-7,12-14H,2-3,5,8-11,30H2,1H3,(H,32,38)(H2,31,33,35,39). The van der Waals surface area contributed by atoms with E-state index >= 15 is 0 Å². The van der Waals surface area contributed by atoms with Crippen molar-refractivity contribution in [1.29, 1.82) is 0 Å². The van der Waals surface area contributed by atoms with Crippen molar-refractivity contribution in [3.05, 3.63) is 53.6 Å². The number of ether oxygens (including phenoxy) is 1. The third-order valence-electron chi connectivity index (χ3n) is 6.51. The molecule has 12 nitrogen and oxygen atoms in total. The summed E-state index contributed by atoms with van der Waals surface area (Å²) in [7, 11) is 1.45. The first-order valence-corrected chi connectivity index (χ1v) is 13.9. The number of nitrogens with two attached hydrogens (primary N) is 1. The number of aromatic nitrogens is 3. The van der Waals surface area contributed by atoms with Crippen LogP contribution in [-0.4, -0.2) is 65.3 Å². The third-order valence-corrected chi connectivity index (χ3v) is 7.48. The number of hydrogen-bond donors (Lipinski definition) is 4. The van der Waals surface area contributed by atoms with Crippen molar-refractivity contribution in [3.8, 4) is 27.9 Å². The Morgan fingerprint density at radius 2 is 1.93 bits per heavy atom. The molecule has 1 fully saturated rings. The molecule has 0 unspecified atom stereocenters. The van der Waals surface area contributed by atoms with Gasteiger partial charge in [0.1, 0.15) is 28.1 Å². The number of methoxy groups -OCH3 is 1. The van der Waals surface area contributed by atoms with Crippen molar-refractivity contribution >= 4 is 39.9 Å². The lowest BCUT2D eigenvalue weighted by Gasteiger charge is -2.14. The fourth-order valence-electron chi connectivity index (χ4n) is 4.39. The number of likely N-dealkylation sites (tertiary alicyclic amines) is 1. The number of thiazole rings is 1. The fraction of sp³-hybridized carbons (Fsp3) is 0.296. The zero-order valence-electron chi connectivity index (χ0n) is 22.6. The van der Waals surface area contributed by atoms with Gasteiger partial charge in [0, 0.05) is 18.2 Å². The zero-order valence-corrected chi connectivity index (χ0v) is 23.4. The highest BCUT2D eigenvalue weighted by Crippen LogP contribution is 2.35. The normalized spacial score (nSPS) is 13.2. The third kappa shape index (κ3) is 6.80. The van der Waals surface area contributed by atoms with Crippen molar-refractivity contribution in [2.75, 3.05) is 49.7 Å². The number of halogens is 2. The Hall–Kier alpha value is -4.63. The van der Waals surface area contributed by atoms with Crippen LogP contribution in [0.2, 0.25) is 0 Å². The summed E-state index contributed by atoms with van der Waals surface area (Å²) < 4.78 is 39.7. The van der Waals surface area contributed by atoms with E-state index in [1.54, 1.807) is 12.1 Å². The van der Waals surface area contributed by atoms with Crippen LogP contribution in [0.15, 0.2) is 40.9 Å². The molecule has 220 valence electrons. The van der Waals surface area contributed by atoms with E-state index in [4.69, 9.17) is 15.0 Å². The maximum Gasteiger partial charge on any atom is 0.321 e. The summed E-state index contributed by atoms with van der Waals surface area (Å²) in [5.74, 6) is -2.43. The van der Waals surface area contributed by atoms with Gasteiger partial charge >= 0.3 is 6.03 Å². The van der Waals surface area contributed by atoms with Crippen LogP contribution < -0.4 is 26.4 Å². The average Bonchev–Trinajstić information content (AvgIpc) is 3.74. The number of hydrogen-bond acceptors (Lipinski definition) is 10. The lowest BCUT2D eigenvalue weighted by atomic mass is 10.1. The second-order valence-corrected chi connectivity index (χ2v) is 10.4. The number of rotatable bonds is 10. The van der Waals surface area contributed by atoms with Crippen LogP contribution in [0.4, 0.5) is 30.2 Å². The molecule has 4 aromatic rings. The first-order valence-electron chi connectivity index (χ1n) is 13.1. The average molecular weight is 599 g/mol. The molecule has 0 radical (unpaired) electrons. The van der Waals surface area contributed by atoms with Gasteiger partial charge in [0.25, 0.3) is 11.8 Å². The molecule has 2 aromatic heterocycles. The molecule has 1 aliphatic rings. The van der Waals surface area contributed by atoms with Crippen LogP contribution in [0, 0.1) is 11.6 Å². The maximum absolute atomic E-state index is 14.7. The van der Waals surface area contributed by atoms with Crippen LogP contribution in [0.5, 0.6) is 5.75 Å². The Balaban J connectivity index is 1.25. The predicted octanol–water partition coefficient (Wildman–Crippen LogP) is 4.59. The first kappa shape index (κ1) is 28.9. The van der Waals surface area contributed by atoms with Crippen molar-refractivity contribution in [3.63, 3.8) is 0 Å². The van der Waals surface area contributed by atoms with Crippen LogP contribution >= 0.6 is 11.3 Å². The Bertz CT molecular complexity index is 1590. The molecule has 15 heteroatoms. The summed E-state index contributed by atoms with van der Waals surface area (Å²) in [4.78, 5) is 35.9. The number of urea groups is 1. The molecule has 2 aromatic carbocycles. The summed E-state index contributed by atoms with van der Waals surface area (Å²) in [5, 5.41) is 11.8. The lowest BCUT2D eigenvalue weighted by Crippen LogP contribution is -2.31. The molecule has 0 bridgehead atoms. The molecule has 5 rings (SSSR count). The van der Waals surface area contributed by atoms with Gasteiger partial charge in [-0.05, 0) is 63.2 Å². The van der Waals surface area contributed by atoms with Crippen LogP contribution in [0.3, 0.4) is 0 Å². The van der Waals surface area contributed by atoms with Gasteiger partial charge in [-0.25, -0.2) is 18.6 Å². The summed E-state index contributed by atoms with van der Waals surface area (Å²) in [6, 6.07) is 7.50. The van der Waals surface area contributed by atoms with E-state index in [0.717, 1.165) is 43.5 Å². The number of nitrogen functional groups attached to an aromatic ring is 1. The van der Waals surface area contributed by atoms with Crippen molar-refractivity contribution in [1.82, 2.24) is 25.3 Å². The largest absolute Gasteiger partial charge is 0.497 e. The molecule has 0 aliphatic carbocycles. The van der Waals surface area contributed by atoms with Crippen LogP contribution in [0.1, 0.15) is 29.6 Å². The number of benzene rings is 2. The molecule has 1 aliphatic heterocycles. The molecular weight excluding hydrogens is 570 g/mol. The highest BCUT2D eigenvalue weighted by Gasteiger charge is 2.22. The highest BCUT2D eigenvalue weighted by atomic mass is 32.1. The Kier molecular flexibility index (Phi) is 8.88. The lowest BCUT2D eigenvalue weighted by molar-refractivity contribution is 0.102. The van der Waals surface area contributed by atoms with Gasteiger partial charge in [0.2, 0.25) is 5.82 Å². The number of carbonyl (C=O) groups is 2. The summed E-state index contributed by atoms with van der Waals surface area (Å²) in [6.07, 6.45) is 3.26. The summed E-state index contributed by atoms with van der Waals surface area (Å²) in [5.41, 5.74) is 5.71. The van der Waals surface area contributed by atoms with E-state index in [1.807, 2.05) is 0 Å². The Morgan fingerprint density at radius 3 is 2.71 bits per heavy atom. The van der Waals surface area contributed by atoms with Crippen molar-refractivity contribution < 1.29 is 27.6 Å². The van der Waals surface area contributed by atoms with Crippen LogP contribution in [0.25, 0.3) is 22.2 Å². The van der Waals surface area contributed by atoms with Crippen molar-refractivity contribution in [2.45, 2.75) is 19.3 Å². The number of nitrogens with one attached hydrogen (secondary N) is 3. The van der Waals surface area contributed by atoms with Crippen molar-refractivity contribution in [2.24, 2.45) is 0 Å². The van der Waals surface area contributed by atoms with E-state index in [-0.39, 0.29) is 44.4 Å². The van der Waals surface area contributed by atoms with Gasteiger partial charge < -0.3 is 30.5 Å². The second kappa shape index (κ2) is 12.9. The minimum Gasteiger partial charge on any atom is -0.497 e.